The van der Waals surface area contributed by atoms with Gasteiger partial charge in [0.15, 0.2) is 0 Å². The lowest BCUT2D eigenvalue weighted by molar-refractivity contribution is -0.124. The van der Waals surface area contributed by atoms with Gasteiger partial charge in [-0.15, -0.1) is 12.4 Å². The maximum absolute atomic E-state index is 12.3. The molecule has 2 atom stereocenters. The molecule has 3 N–H and O–H groups in total. The van der Waals surface area contributed by atoms with Gasteiger partial charge in [-0.05, 0) is 44.2 Å². The summed E-state index contributed by atoms with van der Waals surface area (Å²) in [6.45, 7) is 6.29. The van der Waals surface area contributed by atoms with Crippen molar-refractivity contribution in [2.45, 2.75) is 32.9 Å². The van der Waals surface area contributed by atoms with E-state index in [0.717, 1.165) is 0 Å². The molecule has 1 rings (SSSR count). The van der Waals surface area contributed by atoms with Crippen molar-refractivity contribution < 1.29 is 14.3 Å². The van der Waals surface area contributed by atoms with E-state index in [1.165, 1.54) is 0 Å². The summed E-state index contributed by atoms with van der Waals surface area (Å²) < 4.78 is 5.07. The number of benzene rings is 1. The Kier molecular flexibility index (Phi) is 10.1. The molecular formula is C17H28ClN3O3. The van der Waals surface area contributed by atoms with E-state index in [2.05, 4.69) is 16.0 Å². The van der Waals surface area contributed by atoms with E-state index in [-0.39, 0.29) is 36.2 Å². The molecule has 1 aromatic rings. The molecule has 0 bridgehead atoms. The second kappa shape index (κ2) is 10.9. The summed E-state index contributed by atoms with van der Waals surface area (Å²) in [4.78, 5) is 24.6. The largest absolute Gasteiger partial charge is 0.497 e. The summed E-state index contributed by atoms with van der Waals surface area (Å²) in [5, 5.41) is 8.71. The first-order valence-electron chi connectivity index (χ1n) is 7.79. The number of carbonyl (C=O) groups is 2. The number of halogens is 1. The van der Waals surface area contributed by atoms with Crippen molar-refractivity contribution in [1.29, 1.82) is 0 Å². The Balaban J connectivity index is 0.00000529. The minimum absolute atomic E-state index is 0. The molecule has 136 valence electrons. The van der Waals surface area contributed by atoms with Crippen LogP contribution in [0, 0.1) is 5.92 Å². The maximum Gasteiger partial charge on any atom is 0.251 e. The Morgan fingerprint density at radius 3 is 2.17 bits per heavy atom. The van der Waals surface area contributed by atoms with Crippen molar-refractivity contribution in [3.63, 3.8) is 0 Å². The fraction of sp³-hybridized carbons (Fsp3) is 0.529. The van der Waals surface area contributed by atoms with Crippen LogP contribution in [-0.2, 0) is 4.79 Å². The van der Waals surface area contributed by atoms with E-state index in [4.69, 9.17) is 4.74 Å². The molecular weight excluding hydrogens is 330 g/mol. The van der Waals surface area contributed by atoms with Gasteiger partial charge in [0.2, 0.25) is 5.91 Å². The van der Waals surface area contributed by atoms with Crippen molar-refractivity contribution >= 4 is 24.2 Å². The predicted octanol–water partition coefficient (Wildman–Crippen LogP) is 1.60. The molecule has 2 unspecified atom stereocenters. The number of likely N-dealkylation sites (N-methyl/N-ethyl adjacent to an activating group) is 1. The van der Waals surface area contributed by atoms with Gasteiger partial charge in [0.25, 0.3) is 5.91 Å². The van der Waals surface area contributed by atoms with Crippen molar-refractivity contribution in [2.24, 2.45) is 5.92 Å². The summed E-state index contributed by atoms with van der Waals surface area (Å²) >= 11 is 0. The summed E-state index contributed by atoms with van der Waals surface area (Å²) in [5.74, 6) is 0.218. The van der Waals surface area contributed by atoms with Gasteiger partial charge in [0.1, 0.15) is 11.8 Å². The van der Waals surface area contributed by atoms with Gasteiger partial charge in [0.05, 0.1) is 7.11 Å². The van der Waals surface area contributed by atoms with Crippen molar-refractivity contribution in [1.82, 2.24) is 16.0 Å². The molecule has 6 nitrogen and oxygen atoms in total. The van der Waals surface area contributed by atoms with E-state index in [1.54, 1.807) is 31.4 Å². The topological polar surface area (TPSA) is 79.5 Å². The summed E-state index contributed by atoms with van der Waals surface area (Å²) in [7, 11) is 3.41. The van der Waals surface area contributed by atoms with Crippen LogP contribution in [0.2, 0.25) is 0 Å². The highest BCUT2D eigenvalue weighted by atomic mass is 35.5. The first-order chi connectivity index (χ1) is 10.9. The van der Waals surface area contributed by atoms with Gasteiger partial charge in [-0.2, -0.15) is 0 Å². The summed E-state index contributed by atoms with van der Waals surface area (Å²) in [6.07, 6.45) is 0. The van der Waals surface area contributed by atoms with E-state index in [0.29, 0.717) is 17.9 Å². The first kappa shape index (κ1) is 22.2. The summed E-state index contributed by atoms with van der Waals surface area (Å²) in [6, 6.07) is 6.37. The molecule has 0 aromatic heterocycles. The molecule has 7 heteroatoms. The number of hydrogen-bond donors (Lipinski definition) is 3. The second-order valence-corrected chi connectivity index (χ2v) is 5.86. The van der Waals surface area contributed by atoms with Crippen LogP contribution in [0.1, 0.15) is 31.1 Å². The highest BCUT2D eigenvalue weighted by molar-refractivity contribution is 5.97. The Morgan fingerprint density at radius 1 is 1.12 bits per heavy atom. The third kappa shape index (κ3) is 6.76. The van der Waals surface area contributed by atoms with Crippen LogP contribution >= 0.6 is 12.4 Å². The predicted molar refractivity (Wildman–Crippen MR) is 97.9 cm³/mol. The third-order valence-corrected chi connectivity index (χ3v) is 3.66. The molecule has 0 radical (unpaired) electrons. The zero-order chi connectivity index (χ0) is 17.4. The molecule has 1 aromatic carbocycles. The quantitative estimate of drug-likeness (QED) is 0.660. The Morgan fingerprint density at radius 2 is 1.71 bits per heavy atom. The Hall–Kier alpha value is -1.79. The molecule has 0 fully saturated rings. The standard InChI is InChI=1S/C17H27N3O3.ClH/c1-11(2)15(17(22)19-10-12(3)18-4)20-16(21)13-6-8-14(23-5)9-7-13;/h6-9,11-12,15,18H,10H2,1-5H3,(H,19,22)(H,20,21);1H. The lowest BCUT2D eigenvalue weighted by Gasteiger charge is -2.23. The van der Waals surface area contributed by atoms with Crippen LogP contribution < -0.4 is 20.7 Å². The number of amides is 2. The third-order valence-electron chi connectivity index (χ3n) is 3.66. The normalized spacial score (nSPS) is 12.8. The minimum atomic E-state index is -0.575. The number of nitrogens with one attached hydrogen (secondary N) is 3. The van der Waals surface area contributed by atoms with E-state index in [1.807, 2.05) is 27.8 Å². The zero-order valence-electron chi connectivity index (χ0n) is 14.9. The van der Waals surface area contributed by atoms with Gasteiger partial charge in [0, 0.05) is 18.2 Å². The minimum Gasteiger partial charge on any atom is -0.497 e. The molecule has 0 spiro atoms. The highest BCUT2D eigenvalue weighted by Crippen LogP contribution is 2.12. The monoisotopic (exact) mass is 357 g/mol. The van der Waals surface area contributed by atoms with E-state index >= 15 is 0 Å². The van der Waals surface area contributed by atoms with Crippen LogP contribution in [0.4, 0.5) is 0 Å². The molecule has 0 aliphatic carbocycles. The Labute approximate surface area is 150 Å². The van der Waals surface area contributed by atoms with Gasteiger partial charge < -0.3 is 20.7 Å². The maximum atomic E-state index is 12.3. The number of methoxy groups -OCH3 is 1. The molecule has 0 heterocycles. The molecule has 0 aliphatic heterocycles. The van der Waals surface area contributed by atoms with Crippen LogP contribution in [0.15, 0.2) is 24.3 Å². The van der Waals surface area contributed by atoms with Gasteiger partial charge in [-0.25, -0.2) is 0 Å². The van der Waals surface area contributed by atoms with Crippen LogP contribution in [0.25, 0.3) is 0 Å². The Bertz CT molecular complexity index is 520. The highest BCUT2D eigenvalue weighted by Gasteiger charge is 2.24. The number of rotatable bonds is 8. The average molecular weight is 358 g/mol. The molecule has 0 saturated heterocycles. The van der Waals surface area contributed by atoms with Crippen LogP contribution in [0.3, 0.4) is 0 Å². The van der Waals surface area contributed by atoms with Crippen LogP contribution in [0.5, 0.6) is 5.75 Å². The average Bonchev–Trinajstić information content (AvgIpc) is 2.56. The molecule has 0 aliphatic rings. The van der Waals surface area contributed by atoms with Gasteiger partial charge >= 0.3 is 0 Å². The lowest BCUT2D eigenvalue weighted by Crippen LogP contribution is -2.51. The first-order valence-corrected chi connectivity index (χ1v) is 7.79. The SMILES string of the molecule is CNC(C)CNC(=O)C(NC(=O)c1ccc(OC)cc1)C(C)C.Cl. The van der Waals surface area contributed by atoms with Crippen LogP contribution in [-0.4, -0.2) is 44.6 Å². The second-order valence-electron chi connectivity index (χ2n) is 5.86. The van der Waals surface area contributed by atoms with Crippen molar-refractivity contribution in [3.05, 3.63) is 29.8 Å². The smallest absolute Gasteiger partial charge is 0.251 e. The lowest BCUT2D eigenvalue weighted by atomic mass is 10.0. The molecule has 2 amide bonds. The zero-order valence-corrected chi connectivity index (χ0v) is 15.7. The summed E-state index contributed by atoms with van der Waals surface area (Å²) in [5.41, 5.74) is 0.493. The fourth-order valence-electron chi connectivity index (χ4n) is 1.97. The van der Waals surface area contributed by atoms with E-state index in [9.17, 15) is 9.59 Å². The number of ether oxygens (including phenoxy) is 1. The number of carbonyl (C=O) groups excluding carboxylic acids is 2. The molecule has 0 saturated carbocycles. The van der Waals surface area contributed by atoms with Gasteiger partial charge in [-0.1, -0.05) is 13.8 Å². The van der Waals surface area contributed by atoms with Crippen molar-refractivity contribution in [3.8, 4) is 5.75 Å². The molecule has 24 heavy (non-hydrogen) atoms. The van der Waals surface area contributed by atoms with Crippen molar-refractivity contribution in [2.75, 3.05) is 20.7 Å². The fourth-order valence-corrected chi connectivity index (χ4v) is 1.97. The van der Waals surface area contributed by atoms with Gasteiger partial charge in [-0.3, -0.25) is 9.59 Å². The number of hydrogen-bond acceptors (Lipinski definition) is 4. The van der Waals surface area contributed by atoms with E-state index < -0.39 is 6.04 Å².